The van der Waals surface area contributed by atoms with Crippen molar-refractivity contribution in [2.75, 3.05) is 5.32 Å². The zero-order valence-electron chi connectivity index (χ0n) is 10.9. The van der Waals surface area contributed by atoms with Gasteiger partial charge in [0.15, 0.2) is 5.82 Å². The van der Waals surface area contributed by atoms with Crippen LogP contribution in [0.4, 0.5) is 14.5 Å². The summed E-state index contributed by atoms with van der Waals surface area (Å²) in [5, 5.41) is 2.68. The maximum Gasteiger partial charge on any atom is 0.249 e. The standard InChI is InChI=1S/C15H14F2N2O/c1-9-6-7-12(16)14(13(9)17)19-8-10-4-2-3-5-11(10)15(18)20/h2-7,19H,8H2,1H3,(H2,18,20). The number of rotatable bonds is 4. The van der Waals surface area contributed by atoms with Gasteiger partial charge in [-0.2, -0.15) is 0 Å². The number of amides is 1. The Hall–Kier alpha value is -2.43. The van der Waals surface area contributed by atoms with E-state index >= 15 is 0 Å². The fourth-order valence-electron chi connectivity index (χ4n) is 1.92. The Bertz CT molecular complexity index is 656. The van der Waals surface area contributed by atoms with Crippen LogP contribution in [-0.4, -0.2) is 5.91 Å². The fourth-order valence-corrected chi connectivity index (χ4v) is 1.92. The van der Waals surface area contributed by atoms with Gasteiger partial charge in [0.2, 0.25) is 5.91 Å². The summed E-state index contributed by atoms with van der Waals surface area (Å²) in [5.74, 6) is -1.89. The molecule has 5 heteroatoms. The van der Waals surface area contributed by atoms with Gasteiger partial charge >= 0.3 is 0 Å². The maximum absolute atomic E-state index is 13.8. The Morgan fingerprint density at radius 1 is 1.20 bits per heavy atom. The average Bonchev–Trinajstić information content (AvgIpc) is 2.43. The summed E-state index contributed by atoms with van der Waals surface area (Å²) >= 11 is 0. The van der Waals surface area contributed by atoms with Crippen LogP contribution in [-0.2, 0) is 6.54 Å². The lowest BCUT2D eigenvalue weighted by Crippen LogP contribution is -2.15. The summed E-state index contributed by atoms with van der Waals surface area (Å²) in [5.41, 5.74) is 6.30. The van der Waals surface area contributed by atoms with Gasteiger partial charge in [-0.05, 0) is 30.2 Å². The number of nitrogens with one attached hydrogen (secondary N) is 1. The summed E-state index contributed by atoms with van der Waals surface area (Å²) in [7, 11) is 0. The molecule has 104 valence electrons. The van der Waals surface area contributed by atoms with Crippen LogP contribution in [0.25, 0.3) is 0 Å². The second-order valence-electron chi connectivity index (χ2n) is 4.43. The molecule has 0 heterocycles. The number of anilines is 1. The van der Waals surface area contributed by atoms with Crippen LogP contribution in [0.3, 0.4) is 0 Å². The number of primary amides is 1. The molecule has 0 aliphatic heterocycles. The number of carbonyl (C=O) groups is 1. The number of aryl methyl sites for hydroxylation is 1. The van der Waals surface area contributed by atoms with Crippen LogP contribution in [0.1, 0.15) is 21.5 Å². The van der Waals surface area contributed by atoms with Crippen LogP contribution in [0, 0.1) is 18.6 Å². The molecule has 0 bridgehead atoms. The Kier molecular flexibility index (Phi) is 3.98. The molecule has 2 aromatic carbocycles. The zero-order valence-corrected chi connectivity index (χ0v) is 10.9. The Labute approximate surface area is 115 Å². The lowest BCUT2D eigenvalue weighted by molar-refractivity contribution is 0.0999. The van der Waals surface area contributed by atoms with Crippen molar-refractivity contribution >= 4 is 11.6 Å². The Morgan fingerprint density at radius 3 is 2.60 bits per heavy atom. The van der Waals surface area contributed by atoms with Crippen LogP contribution in [0.5, 0.6) is 0 Å². The van der Waals surface area contributed by atoms with Crippen molar-refractivity contribution in [2.24, 2.45) is 5.73 Å². The maximum atomic E-state index is 13.8. The minimum atomic E-state index is -0.676. The number of hydrogen-bond donors (Lipinski definition) is 2. The molecule has 0 aliphatic rings. The summed E-state index contributed by atoms with van der Waals surface area (Å²) < 4.78 is 27.4. The molecular weight excluding hydrogens is 262 g/mol. The topological polar surface area (TPSA) is 55.1 Å². The number of nitrogens with two attached hydrogens (primary N) is 1. The molecule has 0 atom stereocenters. The first kappa shape index (κ1) is 14.0. The second kappa shape index (κ2) is 5.69. The highest BCUT2D eigenvalue weighted by molar-refractivity contribution is 5.94. The number of halogens is 2. The normalized spacial score (nSPS) is 10.3. The van der Waals surface area contributed by atoms with Crippen molar-refractivity contribution in [1.29, 1.82) is 0 Å². The first-order chi connectivity index (χ1) is 9.50. The molecule has 0 saturated heterocycles. The fraction of sp³-hybridized carbons (Fsp3) is 0.133. The van der Waals surface area contributed by atoms with E-state index < -0.39 is 17.5 Å². The third-order valence-electron chi connectivity index (χ3n) is 3.02. The van der Waals surface area contributed by atoms with E-state index in [4.69, 9.17) is 5.73 Å². The predicted molar refractivity (Wildman–Crippen MR) is 73.4 cm³/mol. The quantitative estimate of drug-likeness (QED) is 0.902. The summed E-state index contributed by atoms with van der Waals surface area (Å²) in [6.07, 6.45) is 0. The van der Waals surface area contributed by atoms with Crippen molar-refractivity contribution in [2.45, 2.75) is 13.5 Å². The van der Waals surface area contributed by atoms with Gasteiger partial charge in [0.05, 0.1) is 0 Å². The molecule has 1 amide bonds. The van der Waals surface area contributed by atoms with E-state index in [1.54, 1.807) is 31.2 Å². The Balaban J connectivity index is 2.26. The van der Waals surface area contributed by atoms with Gasteiger partial charge in [0.1, 0.15) is 11.5 Å². The molecule has 3 nitrogen and oxygen atoms in total. The SMILES string of the molecule is Cc1ccc(F)c(NCc2ccccc2C(N)=O)c1F. The molecule has 2 aromatic rings. The average molecular weight is 276 g/mol. The van der Waals surface area contributed by atoms with E-state index in [1.807, 2.05) is 0 Å². The first-order valence-corrected chi connectivity index (χ1v) is 6.07. The van der Waals surface area contributed by atoms with Gasteiger partial charge in [-0.1, -0.05) is 24.3 Å². The summed E-state index contributed by atoms with van der Waals surface area (Å²) in [6, 6.07) is 9.22. The van der Waals surface area contributed by atoms with Crippen LogP contribution >= 0.6 is 0 Å². The highest BCUT2D eigenvalue weighted by Crippen LogP contribution is 2.22. The minimum Gasteiger partial charge on any atom is -0.376 e. The molecule has 2 rings (SSSR count). The molecule has 0 unspecified atom stereocenters. The van der Waals surface area contributed by atoms with Gasteiger partial charge in [0, 0.05) is 12.1 Å². The Morgan fingerprint density at radius 2 is 1.90 bits per heavy atom. The van der Waals surface area contributed by atoms with Gasteiger partial charge < -0.3 is 11.1 Å². The zero-order chi connectivity index (χ0) is 14.7. The minimum absolute atomic E-state index is 0.108. The van der Waals surface area contributed by atoms with Crippen LogP contribution < -0.4 is 11.1 Å². The van der Waals surface area contributed by atoms with Gasteiger partial charge in [-0.25, -0.2) is 8.78 Å². The van der Waals surface area contributed by atoms with Crippen molar-refractivity contribution in [3.05, 3.63) is 64.7 Å². The van der Waals surface area contributed by atoms with Crippen LogP contribution in [0.15, 0.2) is 36.4 Å². The van der Waals surface area contributed by atoms with Crippen molar-refractivity contribution in [3.8, 4) is 0 Å². The molecular formula is C15H14F2N2O. The highest BCUT2D eigenvalue weighted by atomic mass is 19.1. The van der Waals surface area contributed by atoms with E-state index in [-0.39, 0.29) is 12.2 Å². The van der Waals surface area contributed by atoms with E-state index in [0.29, 0.717) is 16.7 Å². The molecule has 0 radical (unpaired) electrons. The van der Waals surface area contributed by atoms with Crippen LogP contribution in [0.2, 0.25) is 0 Å². The monoisotopic (exact) mass is 276 g/mol. The smallest absolute Gasteiger partial charge is 0.249 e. The van der Waals surface area contributed by atoms with Crippen molar-refractivity contribution < 1.29 is 13.6 Å². The lowest BCUT2D eigenvalue weighted by Gasteiger charge is -2.12. The van der Waals surface area contributed by atoms with E-state index in [2.05, 4.69) is 5.32 Å². The van der Waals surface area contributed by atoms with Gasteiger partial charge in [-0.3, -0.25) is 4.79 Å². The van der Waals surface area contributed by atoms with Crippen molar-refractivity contribution in [3.63, 3.8) is 0 Å². The van der Waals surface area contributed by atoms with E-state index in [1.165, 1.54) is 12.1 Å². The predicted octanol–water partition coefficient (Wildman–Crippen LogP) is 2.98. The van der Waals surface area contributed by atoms with Gasteiger partial charge in [0.25, 0.3) is 0 Å². The molecule has 0 spiro atoms. The molecule has 3 N–H and O–H groups in total. The number of benzene rings is 2. The number of carbonyl (C=O) groups excluding carboxylic acids is 1. The highest BCUT2D eigenvalue weighted by Gasteiger charge is 2.12. The molecule has 20 heavy (non-hydrogen) atoms. The van der Waals surface area contributed by atoms with Crippen molar-refractivity contribution in [1.82, 2.24) is 0 Å². The summed E-state index contributed by atoms with van der Waals surface area (Å²) in [6.45, 7) is 1.66. The third-order valence-corrected chi connectivity index (χ3v) is 3.02. The first-order valence-electron chi connectivity index (χ1n) is 6.07. The second-order valence-corrected chi connectivity index (χ2v) is 4.43. The largest absolute Gasteiger partial charge is 0.376 e. The molecule has 0 saturated carbocycles. The molecule has 0 fully saturated rings. The van der Waals surface area contributed by atoms with Gasteiger partial charge in [-0.15, -0.1) is 0 Å². The molecule has 0 aliphatic carbocycles. The summed E-state index contributed by atoms with van der Waals surface area (Å²) in [4.78, 5) is 11.3. The van der Waals surface area contributed by atoms with E-state index in [0.717, 1.165) is 0 Å². The number of hydrogen-bond acceptors (Lipinski definition) is 2. The van der Waals surface area contributed by atoms with E-state index in [9.17, 15) is 13.6 Å². The third kappa shape index (κ3) is 2.77. The molecule has 0 aromatic heterocycles. The lowest BCUT2D eigenvalue weighted by atomic mass is 10.1.